The Morgan fingerprint density at radius 3 is 2.27 bits per heavy atom. The molecule has 0 aliphatic carbocycles. The molecule has 0 unspecified atom stereocenters. The van der Waals surface area contributed by atoms with E-state index >= 15 is 0 Å². The van der Waals surface area contributed by atoms with Gasteiger partial charge in [-0.2, -0.15) is 13.2 Å². The standard InChI is InChI=1S/C20H16F3N3/c1-14-7-5-6-10-17(14)26-13-25(15-8-3-2-4-9-15)19-18(26)16(11-12-24-19)20(21,22)23/h2-12H,13H2,1H3. The van der Waals surface area contributed by atoms with Crippen LogP contribution in [0.3, 0.4) is 0 Å². The van der Waals surface area contributed by atoms with Crippen LogP contribution in [0.5, 0.6) is 0 Å². The lowest BCUT2D eigenvalue weighted by molar-refractivity contribution is -0.137. The van der Waals surface area contributed by atoms with Crippen LogP contribution in [0.1, 0.15) is 11.1 Å². The van der Waals surface area contributed by atoms with Crippen molar-refractivity contribution in [2.24, 2.45) is 0 Å². The number of hydrogen-bond acceptors (Lipinski definition) is 3. The van der Waals surface area contributed by atoms with Crippen LogP contribution in [0.2, 0.25) is 0 Å². The molecular formula is C20H16F3N3. The number of aryl methyl sites for hydroxylation is 1. The summed E-state index contributed by atoms with van der Waals surface area (Å²) >= 11 is 0. The molecule has 0 saturated heterocycles. The zero-order valence-electron chi connectivity index (χ0n) is 14.0. The molecule has 0 atom stereocenters. The van der Waals surface area contributed by atoms with Gasteiger partial charge < -0.3 is 9.80 Å². The Morgan fingerprint density at radius 2 is 1.58 bits per heavy atom. The van der Waals surface area contributed by atoms with Crippen molar-refractivity contribution in [2.75, 3.05) is 16.5 Å². The van der Waals surface area contributed by atoms with Crippen LogP contribution < -0.4 is 9.80 Å². The van der Waals surface area contributed by atoms with Gasteiger partial charge in [0.1, 0.15) is 6.67 Å². The molecule has 2 heterocycles. The molecule has 1 aliphatic heterocycles. The number of para-hydroxylation sites is 2. The molecule has 0 amide bonds. The van der Waals surface area contributed by atoms with E-state index < -0.39 is 11.7 Å². The van der Waals surface area contributed by atoms with Gasteiger partial charge in [-0.15, -0.1) is 0 Å². The van der Waals surface area contributed by atoms with Gasteiger partial charge in [0, 0.05) is 17.6 Å². The Labute approximate surface area is 149 Å². The predicted octanol–water partition coefficient (Wildman–Crippen LogP) is 5.66. The monoisotopic (exact) mass is 355 g/mol. The zero-order valence-corrected chi connectivity index (χ0v) is 14.0. The van der Waals surface area contributed by atoms with Gasteiger partial charge in [-0.25, -0.2) is 4.98 Å². The third-order valence-corrected chi connectivity index (χ3v) is 4.49. The summed E-state index contributed by atoms with van der Waals surface area (Å²) in [4.78, 5) is 7.77. The number of anilines is 4. The fourth-order valence-electron chi connectivity index (χ4n) is 3.29. The maximum absolute atomic E-state index is 13.7. The molecule has 3 nitrogen and oxygen atoms in total. The van der Waals surface area contributed by atoms with Crippen LogP contribution in [0.15, 0.2) is 66.9 Å². The van der Waals surface area contributed by atoms with E-state index in [1.54, 1.807) is 9.80 Å². The first kappa shape index (κ1) is 16.4. The number of rotatable bonds is 2. The summed E-state index contributed by atoms with van der Waals surface area (Å²) < 4.78 is 41.1. The van der Waals surface area contributed by atoms with Crippen molar-refractivity contribution in [1.29, 1.82) is 0 Å². The van der Waals surface area contributed by atoms with Crippen molar-refractivity contribution in [3.05, 3.63) is 78.0 Å². The van der Waals surface area contributed by atoms with Gasteiger partial charge in [0.25, 0.3) is 0 Å². The molecule has 3 aromatic rings. The van der Waals surface area contributed by atoms with Crippen LogP contribution in [0.4, 0.5) is 36.1 Å². The van der Waals surface area contributed by atoms with Crippen LogP contribution in [0, 0.1) is 6.92 Å². The number of fused-ring (bicyclic) bond motifs is 1. The summed E-state index contributed by atoms with van der Waals surface area (Å²) in [6.07, 6.45) is -3.24. The molecule has 26 heavy (non-hydrogen) atoms. The summed E-state index contributed by atoms with van der Waals surface area (Å²) in [6, 6.07) is 17.8. The number of aromatic nitrogens is 1. The Bertz CT molecular complexity index is 939. The van der Waals surface area contributed by atoms with E-state index in [0.29, 0.717) is 5.82 Å². The van der Waals surface area contributed by atoms with Crippen molar-refractivity contribution < 1.29 is 13.2 Å². The minimum absolute atomic E-state index is 0.0955. The first-order valence-electron chi connectivity index (χ1n) is 8.19. The number of pyridine rings is 1. The summed E-state index contributed by atoms with van der Waals surface area (Å²) in [5.41, 5.74) is 1.87. The van der Waals surface area contributed by atoms with E-state index in [1.165, 1.54) is 6.20 Å². The molecule has 132 valence electrons. The second kappa shape index (κ2) is 6.05. The smallest absolute Gasteiger partial charge is 0.319 e. The van der Waals surface area contributed by atoms with Gasteiger partial charge in [-0.3, -0.25) is 0 Å². The topological polar surface area (TPSA) is 19.4 Å². The minimum Gasteiger partial charge on any atom is -0.319 e. The van der Waals surface area contributed by atoms with E-state index in [1.807, 2.05) is 61.5 Å². The van der Waals surface area contributed by atoms with Crippen LogP contribution in [-0.2, 0) is 6.18 Å². The van der Waals surface area contributed by atoms with Crippen molar-refractivity contribution >= 4 is 22.9 Å². The van der Waals surface area contributed by atoms with Crippen molar-refractivity contribution in [2.45, 2.75) is 13.1 Å². The summed E-state index contributed by atoms with van der Waals surface area (Å²) in [5, 5.41) is 0. The maximum atomic E-state index is 13.7. The number of alkyl halides is 3. The average molecular weight is 355 g/mol. The average Bonchev–Trinajstić information content (AvgIpc) is 3.01. The van der Waals surface area contributed by atoms with Crippen LogP contribution >= 0.6 is 0 Å². The molecule has 0 fully saturated rings. The Hall–Kier alpha value is -3.02. The lowest BCUT2D eigenvalue weighted by Gasteiger charge is -2.24. The molecular weight excluding hydrogens is 339 g/mol. The van der Waals surface area contributed by atoms with Crippen molar-refractivity contribution in [3.63, 3.8) is 0 Å². The molecule has 4 rings (SSSR count). The molecule has 0 spiro atoms. The molecule has 0 radical (unpaired) electrons. The van der Waals surface area contributed by atoms with Crippen LogP contribution in [-0.4, -0.2) is 11.7 Å². The van der Waals surface area contributed by atoms with Gasteiger partial charge in [0.2, 0.25) is 0 Å². The second-order valence-corrected chi connectivity index (χ2v) is 6.15. The first-order chi connectivity index (χ1) is 12.5. The minimum atomic E-state index is -4.46. The van der Waals surface area contributed by atoms with Crippen molar-refractivity contribution in [3.8, 4) is 0 Å². The van der Waals surface area contributed by atoms with E-state index in [2.05, 4.69) is 4.98 Å². The predicted molar refractivity (Wildman–Crippen MR) is 96.0 cm³/mol. The van der Waals surface area contributed by atoms with Gasteiger partial charge in [-0.05, 0) is 36.8 Å². The molecule has 0 bridgehead atoms. The Kier molecular flexibility index (Phi) is 3.83. The highest BCUT2D eigenvalue weighted by molar-refractivity contribution is 5.87. The number of halogens is 3. The molecule has 6 heteroatoms. The number of nitrogens with zero attached hydrogens (tertiary/aromatic N) is 3. The SMILES string of the molecule is Cc1ccccc1N1CN(c2ccccc2)c2nccc(C(F)(F)F)c21. The van der Waals surface area contributed by atoms with Gasteiger partial charge in [0.15, 0.2) is 5.82 Å². The zero-order chi connectivity index (χ0) is 18.3. The lowest BCUT2D eigenvalue weighted by Crippen LogP contribution is -2.25. The second-order valence-electron chi connectivity index (χ2n) is 6.15. The van der Waals surface area contributed by atoms with E-state index in [-0.39, 0.29) is 12.4 Å². The quantitative estimate of drug-likeness (QED) is 0.592. The Balaban J connectivity index is 1.94. The van der Waals surface area contributed by atoms with E-state index in [9.17, 15) is 13.2 Å². The third kappa shape index (κ3) is 2.67. The fraction of sp³-hybridized carbons (Fsp3) is 0.150. The molecule has 0 saturated carbocycles. The van der Waals surface area contributed by atoms with Gasteiger partial charge in [-0.1, -0.05) is 36.4 Å². The lowest BCUT2D eigenvalue weighted by atomic mass is 10.1. The molecule has 2 aromatic carbocycles. The highest BCUT2D eigenvalue weighted by atomic mass is 19.4. The van der Waals surface area contributed by atoms with Gasteiger partial charge in [0.05, 0.1) is 11.3 Å². The highest BCUT2D eigenvalue weighted by Gasteiger charge is 2.41. The fourth-order valence-corrected chi connectivity index (χ4v) is 3.29. The highest BCUT2D eigenvalue weighted by Crippen LogP contribution is 2.49. The van der Waals surface area contributed by atoms with E-state index in [0.717, 1.165) is 23.0 Å². The number of benzene rings is 2. The Morgan fingerprint density at radius 1 is 0.885 bits per heavy atom. The maximum Gasteiger partial charge on any atom is 0.418 e. The first-order valence-corrected chi connectivity index (χ1v) is 8.19. The molecule has 1 aliphatic rings. The normalized spacial score (nSPS) is 13.8. The van der Waals surface area contributed by atoms with Crippen molar-refractivity contribution in [1.82, 2.24) is 4.98 Å². The largest absolute Gasteiger partial charge is 0.418 e. The summed E-state index contributed by atoms with van der Waals surface area (Å²) in [5.74, 6) is 0.314. The molecule has 0 N–H and O–H groups in total. The third-order valence-electron chi connectivity index (χ3n) is 4.49. The summed E-state index contributed by atoms with van der Waals surface area (Å²) in [7, 11) is 0. The van der Waals surface area contributed by atoms with Crippen LogP contribution in [0.25, 0.3) is 0 Å². The molecule has 1 aromatic heterocycles. The summed E-state index contributed by atoms with van der Waals surface area (Å²) in [6.45, 7) is 2.16. The van der Waals surface area contributed by atoms with E-state index in [4.69, 9.17) is 0 Å². The number of hydrogen-bond donors (Lipinski definition) is 0. The van der Waals surface area contributed by atoms with Gasteiger partial charge >= 0.3 is 6.18 Å².